The lowest BCUT2D eigenvalue weighted by Gasteiger charge is -2.34. The van der Waals surface area contributed by atoms with E-state index in [0.717, 1.165) is 75.1 Å². The summed E-state index contributed by atoms with van der Waals surface area (Å²) >= 11 is 0. The first-order valence-corrected chi connectivity index (χ1v) is 26.2. The summed E-state index contributed by atoms with van der Waals surface area (Å²) in [4.78, 5) is 63.3. The van der Waals surface area contributed by atoms with E-state index < -0.39 is 34.0 Å². The lowest BCUT2D eigenvalue weighted by molar-refractivity contribution is 0.0438. The number of fused-ring (bicyclic) bond motifs is 12. The number of aromatic nitrogens is 10. The Kier molecular flexibility index (Phi) is 14.2. The predicted molar refractivity (Wildman–Crippen MR) is 297 cm³/mol. The molecule has 0 radical (unpaired) electrons. The molecule has 78 heavy (non-hydrogen) atoms. The van der Waals surface area contributed by atoms with Gasteiger partial charge in [0.1, 0.15) is 33.6 Å². The third-order valence-corrected chi connectivity index (χ3v) is 14.9. The second-order valence-electron chi connectivity index (χ2n) is 20.8. The minimum absolute atomic E-state index is 0.245. The fraction of sp³-hybridized carbons (Fsp3) is 0.357. The lowest BCUT2D eigenvalue weighted by atomic mass is 9.95. The van der Waals surface area contributed by atoms with E-state index in [1.807, 2.05) is 24.3 Å². The zero-order chi connectivity index (χ0) is 54.3. The molecule has 0 spiro atoms. The molecule has 0 saturated carbocycles. The number of allylic oxidation sites excluding steroid dienone is 4. The number of hydrogen-bond acceptors (Lipinski definition) is 16. The Morgan fingerprint density at radius 1 is 0.526 bits per heavy atom. The van der Waals surface area contributed by atoms with Gasteiger partial charge in [-0.2, -0.15) is 9.97 Å². The Bertz CT molecular complexity index is 3440. The number of aliphatic hydroxyl groups is 2. The summed E-state index contributed by atoms with van der Waals surface area (Å²) in [6, 6.07) is 26.6. The van der Waals surface area contributed by atoms with Gasteiger partial charge in [0.15, 0.2) is 22.9 Å². The fourth-order valence-electron chi connectivity index (χ4n) is 10.2. The zero-order valence-corrected chi connectivity index (χ0v) is 44.0. The van der Waals surface area contributed by atoms with Crippen LogP contribution >= 0.6 is 0 Å². The Balaban J connectivity index is 0.000000165. The van der Waals surface area contributed by atoms with Crippen LogP contribution in [0.3, 0.4) is 0 Å². The van der Waals surface area contributed by atoms with Gasteiger partial charge in [0.25, 0.3) is 11.1 Å². The molecule has 22 heteroatoms. The number of hydrogen-bond donors (Lipinski definition) is 4. The molecule has 6 aromatic heterocycles. The third-order valence-electron chi connectivity index (χ3n) is 14.9. The molecular weight excluding hydrogens is 999 g/mol. The number of halogens is 2. The maximum Gasteiger partial charge on any atom is 0.278 e. The van der Waals surface area contributed by atoms with Gasteiger partial charge >= 0.3 is 0 Å². The predicted octanol–water partition coefficient (Wildman–Crippen LogP) is 6.65. The van der Waals surface area contributed by atoms with E-state index in [0.29, 0.717) is 71.9 Å². The largest absolute Gasteiger partial charge is 0.384 e. The van der Waals surface area contributed by atoms with Crippen molar-refractivity contribution in [2.45, 2.75) is 63.8 Å². The van der Waals surface area contributed by atoms with Crippen LogP contribution in [0.15, 0.2) is 131 Å². The van der Waals surface area contributed by atoms with Gasteiger partial charge in [0, 0.05) is 87.5 Å². The van der Waals surface area contributed by atoms with E-state index in [1.165, 1.54) is 43.3 Å². The van der Waals surface area contributed by atoms with Gasteiger partial charge in [-0.15, -0.1) is 0 Å². The van der Waals surface area contributed by atoms with E-state index in [1.54, 1.807) is 50.2 Å². The molecule has 4 N–H and O–H groups in total. The van der Waals surface area contributed by atoms with Crippen LogP contribution in [0.2, 0.25) is 0 Å². The first-order chi connectivity index (χ1) is 37.6. The molecule has 0 amide bonds. The number of anilines is 6. The van der Waals surface area contributed by atoms with Crippen LogP contribution in [-0.2, 0) is 24.3 Å². The second kappa shape index (κ2) is 21.3. The summed E-state index contributed by atoms with van der Waals surface area (Å²) in [5.74, 6) is 0.359. The molecule has 10 heterocycles. The average Bonchev–Trinajstić information content (AvgIpc) is 4.02. The highest BCUT2D eigenvalue weighted by molar-refractivity contribution is 5.78. The van der Waals surface area contributed by atoms with Gasteiger partial charge in [-0.1, -0.05) is 24.3 Å². The molecule has 12 rings (SSSR count). The van der Waals surface area contributed by atoms with E-state index in [4.69, 9.17) is 0 Å². The standard InChI is InChI=1S/2C28H31FN8O2/c2*1-28(39)12-4-5-19(29)18-36-26(38)22-17-30-27(33-25(22)37(36)24-7-3-6-23(28)32-24)31-20-8-10-21(11-9-20)35-15-13-34(2)14-16-35/h2*3,5-11,17,39H,4,12-16,18H2,1-2H3,(H,30,31,33)/b2*19-5+/t2*28-/m10/s1. The van der Waals surface area contributed by atoms with Crippen molar-refractivity contribution in [3.8, 4) is 11.6 Å². The summed E-state index contributed by atoms with van der Waals surface area (Å²) in [6.07, 6.45) is 6.92. The quantitative estimate of drug-likeness (QED) is 0.137. The second-order valence-corrected chi connectivity index (χ2v) is 20.8. The van der Waals surface area contributed by atoms with Crippen LogP contribution in [0.5, 0.6) is 0 Å². The van der Waals surface area contributed by atoms with Crippen LogP contribution in [-0.4, -0.2) is 135 Å². The van der Waals surface area contributed by atoms with Crippen molar-refractivity contribution in [3.63, 3.8) is 0 Å². The molecule has 0 aliphatic carbocycles. The van der Waals surface area contributed by atoms with Gasteiger partial charge in [-0.25, -0.2) is 47.4 Å². The molecule has 404 valence electrons. The van der Waals surface area contributed by atoms with Crippen molar-refractivity contribution < 1.29 is 19.0 Å². The molecular formula is C56H62F2N16O4. The smallest absolute Gasteiger partial charge is 0.278 e. The highest BCUT2D eigenvalue weighted by Crippen LogP contribution is 2.31. The molecule has 4 bridgehead atoms. The molecule has 0 unspecified atom stereocenters. The number of rotatable bonds is 6. The first-order valence-electron chi connectivity index (χ1n) is 26.2. The molecule has 20 nitrogen and oxygen atoms in total. The average molecular weight is 1060 g/mol. The van der Waals surface area contributed by atoms with E-state index in [2.05, 4.69) is 98.5 Å². The third kappa shape index (κ3) is 10.8. The number of likely N-dealkylation sites (N-methyl/N-ethyl adjacent to an activating group) is 2. The van der Waals surface area contributed by atoms with Gasteiger partial charge in [-0.3, -0.25) is 9.59 Å². The monoisotopic (exact) mass is 1060 g/mol. The van der Waals surface area contributed by atoms with Crippen LogP contribution in [0.25, 0.3) is 33.7 Å². The number of nitrogens with zero attached hydrogens (tertiary/aromatic N) is 14. The summed E-state index contributed by atoms with van der Waals surface area (Å²) in [6.45, 7) is 10.8. The number of piperazine rings is 2. The highest BCUT2D eigenvalue weighted by Gasteiger charge is 2.29. The SMILES string of the molecule is CN1CCN(c2ccc(Nc3ncc4c(=O)n5n(c4n3)-c3cccc(n3)[C@@](C)(O)CC/C=C(/F)C5)cc2)CC1.CN1CCN(c2ccc(Nc3ncc4c(=O)n5n(c4n3)-c3cccc(n3)[C@](C)(O)CC/C=C(/F)C5)cc2)CC1. The Labute approximate surface area is 448 Å². The Hall–Kier alpha value is -8.18. The van der Waals surface area contributed by atoms with E-state index in [9.17, 15) is 28.6 Å². The van der Waals surface area contributed by atoms with Crippen LogP contribution in [0.1, 0.15) is 50.9 Å². The summed E-state index contributed by atoms with van der Waals surface area (Å²) in [5, 5.41) is 28.9. The molecule has 2 saturated heterocycles. The van der Waals surface area contributed by atoms with Gasteiger partial charge < -0.3 is 40.4 Å². The number of pyridine rings is 2. The lowest BCUT2D eigenvalue weighted by Crippen LogP contribution is -2.44. The van der Waals surface area contributed by atoms with Gasteiger partial charge in [0.05, 0.1) is 24.5 Å². The number of nitrogens with one attached hydrogen (secondary N) is 2. The molecule has 2 aromatic carbocycles. The molecule has 8 aromatic rings. The van der Waals surface area contributed by atoms with Crippen molar-refractivity contribution in [1.82, 2.24) is 58.4 Å². The topological polar surface area (TPSA) is 209 Å². The van der Waals surface area contributed by atoms with Crippen molar-refractivity contribution in [3.05, 3.63) is 153 Å². The summed E-state index contributed by atoms with van der Waals surface area (Å²) < 4.78 is 35.3. The van der Waals surface area contributed by atoms with Crippen LogP contribution < -0.4 is 31.6 Å². The van der Waals surface area contributed by atoms with Crippen molar-refractivity contribution >= 4 is 56.7 Å². The van der Waals surface area contributed by atoms with Gasteiger partial charge in [-0.05, 0) is 126 Å². The summed E-state index contributed by atoms with van der Waals surface area (Å²) in [5.41, 5.74) is 2.01. The molecule has 4 aliphatic rings. The zero-order valence-electron chi connectivity index (χ0n) is 44.0. The van der Waals surface area contributed by atoms with Gasteiger partial charge in [0.2, 0.25) is 11.9 Å². The molecule has 4 aliphatic heterocycles. The Morgan fingerprint density at radius 3 is 1.29 bits per heavy atom. The molecule has 2 atom stereocenters. The van der Waals surface area contributed by atoms with Crippen molar-refractivity contribution in [2.75, 3.05) is 86.9 Å². The normalized spacial score (nSPS) is 21.6. The van der Waals surface area contributed by atoms with Crippen LogP contribution in [0, 0.1) is 0 Å². The number of benzene rings is 2. The van der Waals surface area contributed by atoms with E-state index in [-0.39, 0.29) is 23.9 Å². The Morgan fingerprint density at radius 2 is 0.910 bits per heavy atom. The molecule has 2 fully saturated rings. The highest BCUT2D eigenvalue weighted by atomic mass is 19.1. The minimum atomic E-state index is -1.26. The maximum absolute atomic E-state index is 14.9. The van der Waals surface area contributed by atoms with E-state index >= 15 is 0 Å². The fourth-order valence-corrected chi connectivity index (χ4v) is 10.2. The van der Waals surface area contributed by atoms with Crippen molar-refractivity contribution in [1.29, 1.82) is 0 Å². The maximum atomic E-state index is 14.9. The van der Waals surface area contributed by atoms with Crippen LogP contribution in [0.4, 0.5) is 43.4 Å². The van der Waals surface area contributed by atoms with Crippen molar-refractivity contribution in [2.24, 2.45) is 0 Å². The minimum Gasteiger partial charge on any atom is -0.384 e. The summed E-state index contributed by atoms with van der Waals surface area (Å²) in [7, 11) is 4.27. The first kappa shape index (κ1) is 51.9.